The predicted molar refractivity (Wildman–Crippen MR) is 76.1 cm³/mol. The first-order valence-corrected chi connectivity index (χ1v) is 6.65. The molecule has 0 aromatic carbocycles. The number of hydrogen-bond acceptors (Lipinski definition) is 2. The third kappa shape index (κ3) is 4.42. The zero-order chi connectivity index (χ0) is 11.9. The molecule has 0 bridgehead atoms. The Hall–Kier alpha value is -0.0800. The Bertz CT molecular complexity index is 151. The van der Waals surface area contributed by atoms with E-state index in [1.54, 1.807) is 0 Å². The second-order valence-corrected chi connectivity index (χ2v) is 4.29. The summed E-state index contributed by atoms with van der Waals surface area (Å²) in [5.41, 5.74) is 0.713. The van der Waals surface area contributed by atoms with Crippen molar-refractivity contribution in [2.24, 2.45) is 5.41 Å². The van der Waals surface area contributed by atoms with E-state index in [-0.39, 0.29) is 7.43 Å². The standard InChI is InChI=1S/C9H18N2.2C2H6.CH4/c1-3-11-5-4-9(8-11)6-10(2)7-9;2*1-2;/h3-8H2,1-2H3;2*1-2H3;1H4. The summed E-state index contributed by atoms with van der Waals surface area (Å²) in [5, 5.41) is 0. The molecule has 2 heterocycles. The first-order chi connectivity index (χ1) is 7.24. The lowest BCUT2D eigenvalue weighted by Crippen LogP contribution is -2.55. The molecule has 100 valence electrons. The zero-order valence-electron chi connectivity index (χ0n) is 11.6. The van der Waals surface area contributed by atoms with Crippen molar-refractivity contribution < 1.29 is 0 Å². The fourth-order valence-electron chi connectivity index (χ4n) is 2.65. The van der Waals surface area contributed by atoms with Crippen molar-refractivity contribution in [3.05, 3.63) is 0 Å². The third-order valence-corrected chi connectivity index (χ3v) is 3.18. The SMILES string of the molecule is C.CC.CC.CCN1CCC2(CN(C)C2)C1. The van der Waals surface area contributed by atoms with Gasteiger partial charge in [0, 0.05) is 25.0 Å². The van der Waals surface area contributed by atoms with Crippen LogP contribution >= 0.6 is 0 Å². The van der Waals surface area contributed by atoms with Crippen LogP contribution in [-0.4, -0.2) is 49.6 Å². The summed E-state index contributed by atoms with van der Waals surface area (Å²) in [6.07, 6.45) is 1.44. The first-order valence-electron chi connectivity index (χ1n) is 6.65. The second kappa shape index (κ2) is 9.00. The maximum atomic E-state index is 2.58. The van der Waals surface area contributed by atoms with Gasteiger partial charge in [-0.3, -0.25) is 0 Å². The molecule has 2 aliphatic rings. The molecule has 0 aromatic rings. The average molecular weight is 230 g/mol. The Morgan fingerprint density at radius 3 is 1.81 bits per heavy atom. The molecule has 0 aliphatic carbocycles. The van der Waals surface area contributed by atoms with E-state index in [4.69, 9.17) is 0 Å². The molecule has 1 spiro atoms. The number of hydrogen-bond donors (Lipinski definition) is 0. The quantitative estimate of drug-likeness (QED) is 0.682. The van der Waals surface area contributed by atoms with Gasteiger partial charge in [-0.25, -0.2) is 0 Å². The Labute approximate surface area is 104 Å². The Morgan fingerprint density at radius 1 is 1.00 bits per heavy atom. The van der Waals surface area contributed by atoms with Gasteiger partial charge in [0.25, 0.3) is 0 Å². The van der Waals surface area contributed by atoms with Gasteiger partial charge in [-0.05, 0) is 26.6 Å². The highest BCUT2D eigenvalue weighted by atomic mass is 15.2. The van der Waals surface area contributed by atoms with Crippen molar-refractivity contribution in [3.63, 3.8) is 0 Å². The van der Waals surface area contributed by atoms with Gasteiger partial charge in [-0.2, -0.15) is 0 Å². The van der Waals surface area contributed by atoms with Crippen LogP contribution in [-0.2, 0) is 0 Å². The van der Waals surface area contributed by atoms with Crippen LogP contribution < -0.4 is 0 Å². The van der Waals surface area contributed by atoms with E-state index in [2.05, 4.69) is 23.8 Å². The van der Waals surface area contributed by atoms with E-state index >= 15 is 0 Å². The molecule has 0 atom stereocenters. The topological polar surface area (TPSA) is 6.48 Å². The Balaban J connectivity index is 0. The summed E-state index contributed by atoms with van der Waals surface area (Å²) < 4.78 is 0. The van der Waals surface area contributed by atoms with E-state index in [0.29, 0.717) is 5.41 Å². The fraction of sp³-hybridized carbons (Fsp3) is 1.00. The first kappa shape index (κ1) is 18.3. The van der Waals surface area contributed by atoms with Gasteiger partial charge in [-0.1, -0.05) is 42.0 Å². The van der Waals surface area contributed by atoms with Crippen LogP contribution in [0.3, 0.4) is 0 Å². The zero-order valence-corrected chi connectivity index (χ0v) is 11.6. The number of likely N-dealkylation sites (tertiary alicyclic amines) is 2. The van der Waals surface area contributed by atoms with E-state index < -0.39 is 0 Å². The molecule has 2 aliphatic heterocycles. The largest absolute Gasteiger partial charge is 0.305 e. The monoisotopic (exact) mass is 230 g/mol. The summed E-state index contributed by atoms with van der Waals surface area (Å²) in [7, 11) is 2.22. The molecule has 2 rings (SSSR count). The molecule has 0 unspecified atom stereocenters. The lowest BCUT2D eigenvalue weighted by molar-refractivity contribution is 0.0313. The predicted octanol–water partition coefficient (Wildman–Crippen LogP) is 3.33. The van der Waals surface area contributed by atoms with Crippen molar-refractivity contribution in [2.45, 2.75) is 48.5 Å². The molecular formula is C14H34N2. The maximum absolute atomic E-state index is 2.58. The van der Waals surface area contributed by atoms with Gasteiger partial charge in [0.05, 0.1) is 0 Å². The van der Waals surface area contributed by atoms with Crippen LogP contribution in [0.25, 0.3) is 0 Å². The molecule has 0 aromatic heterocycles. The molecule has 0 radical (unpaired) electrons. The molecule has 0 amide bonds. The molecule has 2 fully saturated rings. The molecule has 16 heavy (non-hydrogen) atoms. The lowest BCUT2D eigenvalue weighted by Gasteiger charge is -2.46. The minimum absolute atomic E-state index is 0. The highest BCUT2D eigenvalue weighted by Crippen LogP contribution is 2.38. The molecular weight excluding hydrogens is 196 g/mol. The van der Waals surface area contributed by atoms with Crippen molar-refractivity contribution in [1.82, 2.24) is 9.80 Å². The molecule has 0 N–H and O–H groups in total. The molecule has 2 heteroatoms. The Kier molecular flexibility index (Phi) is 10.3. The summed E-state index contributed by atoms with van der Waals surface area (Å²) in [6.45, 7) is 16.9. The van der Waals surface area contributed by atoms with E-state index in [9.17, 15) is 0 Å². The van der Waals surface area contributed by atoms with Crippen LogP contribution in [0.5, 0.6) is 0 Å². The van der Waals surface area contributed by atoms with Crippen LogP contribution in [0, 0.1) is 5.41 Å². The lowest BCUT2D eigenvalue weighted by atomic mass is 9.79. The third-order valence-electron chi connectivity index (χ3n) is 3.18. The average Bonchev–Trinajstić information content (AvgIpc) is 2.68. The van der Waals surface area contributed by atoms with Gasteiger partial charge >= 0.3 is 0 Å². The van der Waals surface area contributed by atoms with Crippen LogP contribution in [0.4, 0.5) is 0 Å². The van der Waals surface area contributed by atoms with Crippen molar-refractivity contribution in [2.75, 3.05) is 39.8 Å². The normalized spacial score (nSPS) is 22.1. The maximum Gasteiger partial charge on any atom is 0.00966 e. The highest BCUT2D eigenvalue weighted by Gasteiger charge is 2.45. The molecule has 2 nitrogen and oxygen atoms in total. The summed E-state index contributed by atoms with van der Waals surface area (Å²) in [4.78, 5) is 5.01. The van der Waals surface area contributed by atoms with Gasteiger partial charge in [0.15, 0.2) is 0 Å². The van der Waals surface area contributed by atoms with Crippen molar-refractivity contribution in [1.29, 1.82) is 0 Å². The number of nitrogens with zero attached hydrogens (tertiary/aromatic N) is 2. The van der Waals surface area contributed by atoms with Crippen molar-refractivity contribution >= 4 is 0 Å². The van der Waals surface area contributed by atoms with E-state index in [0.717, 1.165) is 0 Å². The van der Waals surface area contributed by atoms with E-state index in [1.165, 1.54) is 39.1 Å². The van der Waals surface area contributed by atoms with Crippen LogP contribution in [0.15, 0.2) is 0 Å². The minimum atomic E-state index is 0. The summed E-state index contributed by atoms with van der Waals surface area (Å²) in [5.74, 6) is 0. The van der Waals surface area contributed by atoms with Crippen LogP contribution in [0.2, 0.25) is 0 Å². The number of rotatable bonds is 1. The fourth-order valence-corrected chi connectivity index (χ4v) is 2.65. The van der Waals surface area contributed by atoms with E-state index in [1.807, 2.05) is 27.7 Å². The minimum Gasteiger partial charge on any atom is -0.305 e. The van der Waals surface area contributed by atoms with Gasteiger partial charge < -0.3 is 9.80 Å². The summed E-state index contributed by atoms with van der Waals surface area (Å²) >= 11 is 0. The molecule has 2 saturated heterocycles. The Morgan fingerprint density at radius 2 is 1.50 bits per heavy atom. The summed E-state index contributed by atoms with van der Waals surface area (Å²) in [6, 6.07) is 0. The van der Waals surface area contributed by atoms with Crippen molar-refractivity contribution in [3.8, 4) is 0 Å². The smallest absolute Gasteiger partial charge is 0.00966 e. The molecule has 0 saturated carbocycles. The highest BCUT2D eigenvalue weighted by molar-refractivity contribution is 4.99. The van der Waals surface area contributed by atoms with Gasteiger partial charge in [0.1, 0.15) is 0 Å². The van der Waals surface area contributed by atoms with Gasteiger partial charge in [-0.15, -0.1) is 0 Å². The second-order valence-electron chi connectivity index (χ2n) is 4.29. The van der Waals surface area contributed by atoms with Crippen LogP contribution in [0.1, 0.15) is 48.5 Å². The van der Waals surface area contributed by atoms with Gasteiger partial charge in [0.2, 0.25) is 0 Å².